The van der Waals surface area contributed by atoms with E-state index in [-0.39, 0.29) is 5.70 Å². The van der Waals surface area contributed by atoms with E-state index in [1.54, 1.807) is 23.9 Å². The Balaban J connectivity index is 1.50. The second-order valence-electron chi connectivity index (χ2n) is 7.26. The first-order chi connectivity index (χ1) is 15.1. The van der Waals surface area contributed by atoms with Crippen LogP contribution in [0.25, 0.3) is 11.7 Å². The van der Waals surface area contributed by atoms with Crippen LogP contribution in [0.4, 0.5) is 16.7 Å². The summed E-state index contributed by atoms with van der Waals surface area (Å²) in [5.74, 6) is 1.23. The number of benzene rings is 1. The van der Waals surface area contributed by atoms with Gasteiger partial charge in [-0.05, 0) is 25.0 Å². The van der Waals surface area contributed by atoms with E-state index < -0.39 is 11.9 Å². The summed E-state index contributed by atoms with van der Waals surface area (Å²) in [4.78, 5) is 32.5. The first-order valence-electron chi connectivity index (χ1n) is 9.83. The number of ether oxygens (including phenoxy) is 1. The van der Waals surface area contributed by atoms with Gasteiger partial charge in [-0.25, -0.2) is 4.79 Å². The zero-order chi connectivity index (χ0) is 21.4. The smallest absolute Gasteiger partial charge is 0.326 e. The maximum atomic E-state index is 11.9. The molecule has 2 aliphatic rings. The molecular formula is C20H20N8O3. The van der Waals surface area contributed by atoms with Crippen molar-refractivity contribution in [2.45, 2.75) is 25.4 Å². The maximum Gasteiger partial charge on any atom is 0.326 e. The Labute approximate surface area is 176 Å². The minimum Gasteiger partial charge on any atom is -0.496 e. The Kier molecular flexibility index (Phi) is 4.62. The van der Waals surface area contributed by atoms with Crippen molar-refractivity contribution in [3.05, 3.63) is 47.3 Å². The van der Waals surface area contributed by atoms with E-state index >= 15 is 0 Å². The molecule has 5 rings (SSSR count). The molecule has 0 atom stereocenters. The molecule has 4 N–H and O–H groups in total. The monoisotopic (exact) mass is 420 g/mol. The molecule has 11 heteroatoms. The number of fused-ring (bicyclic) bond motifs is 1. The van der Waals surface area contributed by atoms with Gasteiger partial charge in [-0.1, -0.05) is 18.2 Å². The molecule has 1 aromatic carbocycles. The summed E-state index contributed by atoms with van der Waals surface area (Å²) in [6.07, 6.45) is 5.26. The lowest BCUT2D eigenvalue weighted by atomic mass is 10.2. The molecule has 158 valence electrons. The number of nitrogens with zero attached hydrogens (tertiary/aromatic N) is 4. The van der Waals surface area contributed by atoms with Gasteiger partial charge in [-0.15, -0.1) is 0 Å². The molecule has 0 spiro atoms. The molecule has 2 aromatic heterocycles. The normalized spacial score (nSPS) is 17.0. The SMILES string of the molecule is COc1ccccc1CNc1nc(NC2CC2)n2ncc(/C=C3\NC(=O)NC3=O)c2n1. The summed E-state index contributed by atoms with van der Waals surface area (Å²) in [6.45, 7) is 0.464. The fourth-order valence-electron chi connectivity index (χ4n) is 3.24. The summed E-state index contributed by atoms with van der Waals surface area (Å²) in [7, 11) is 1.63. The summed E-state index contributed by atoms with van der Waals surface area (Å²) >= 11 is 0. The quantitative estimate of drug-likeness (QED) is 0.334. The van der Waals surface area contributed by atoms with Crippen molar-refractivity contribution in [1.82, 2.24) is 30.2 Å². The van der Waals surface area contributed by atoms with Crippen molar-refractivity contribution in [3.8, 4) is 5.75 Å². The van der Waals surface area contributed by atoms with Gasteiger partial charge in [0.1, 0.15) is 11.4 Å². The van der Waals surface area contributed by atoms with E-state index in [1.165, 1.54) is 0 Å². The summed E-state index contributed by atoms with van der Waals surface area (Å²) in [5, 5.41) is 15.6. The average Bonchev–Trinajstić information content (AvgIpc) is 3.41. The Bertz CT molecular complexity index is 1210. The van der Waals surface area contributed by atoms with Crippen LogP contribution in [0.1, 0.15) is 24.0 Å². The van der Waals surface area contributed by atoms with Crippen molar-refractivity contribution in [2.75, 3.05) is 17.7 Å². The first kappa shape index (κ1) is 18.9. The van der Waals surface area contributed by atoms with E-state index in [0.29, 0.717) is 35.7 Å². The number of imide groups is 1. The van der Waals surface area contributed by atoms with Crippen LogP contribution in [0.5, 0.6) is 5.75 Å². The number of methoxy groups -OCH3 is 1. The van der Waals surface area contributed by atoms with Crippen LogP contribution >= 0.6 is 0 Å². The number of carbonyl (C=O) groups excluding carboxylic acids is 2. The lowest BCUT2D eigenvalue weighted by Gasteiger charge is -2.12. The minimum absolute atomic E-state index is 0.138. The van der Waals surface area contributed by atoms with Crippen molar-refractivity contribution >= 4 is 35.6 Å². The highest BCUT2D eigenvalue weighted by Gasteiger charge is 2.26. The Morgan fingerprint density at radius 3 is 2.81 bits per heavy atom. The van der Waals surface area contributed by atoms with Gasteiger partial charge in [-0.2, -0.15) is 19.6 Å². The number of para-hydroxylation sites is 1. The zero-order valence-electron chi connectivity index (χ0n) is 16.7. The zero-order valence-corrected chi connectivity index (χ0v) is 16.7. The highest BCUT2D eigenvalue weighted by atomic mass is 16.5. The number of hydrogen-bond donors (Lipinski definition) is 4. The Morgan fingerprint density at radius 2 is 2.06 bits per heavy atom. The molecule has 2 fully saturated rings. The van der Waals surface area contributed by atoms with Gasteiger partial charge >= 0.3 is 6.03 Å². The third-order valence-electron chi connectivity index (χ3n) is 4.96. The molecule has 0 radical (unpaired) electrons. The highest BCUT2D eigenvalue weighted by Crippen LogP contribution is 2.26. The van der Waals surface area contributed by atoms with Crippen LogP contribution in [0, 0.1) is 0 Å². The van der Waals surface area contributed by atoms with Gasteiger partial charge in [0, 0.05) is 23.7 Å². The first-order valence-corrected chi connectivity index (χ1v) is 9.83. The molecule has 1 saturated carbocycles. The van der Waals surface area contributed by atoms with E-state index in [1.807, 2.05) is 24.3 Å². The molecular weight excluding hydrogens is 400 g/mol. The molecule has 11 nitrogen and oxygen atoms in total. The Morgan fingerprint density at radius 1 is 1.23 bits per heavy atom. The molecule has 3 aromatic rings. The number of amides is 3. The number of anilines is 2. The minimum atomic E-state index is -0.558. The second kappa shape index (κ2) is 7.59. The number of nitrogens with one attached hydrogen (secondary N) is 4. The maximum absolute atomic E-state index is 11.9. The van der Waals surface area contributed by atoms with Crippen molar-refractivity contribution in [2.24, 2.45) is 0 Å². The van der Waals surface area contributed by atoms with E-state index in [4.69, 9.17) is 4.74 Å². The fourth-order valence-corrected chi connectivity index (χ4v) is 3.24. The summed E-state index contributed by atoms with van der Waals surface area (Å²) in [6, 6.07) is 7.50. The molecule has 31 heavy (non-hydrogen) atoms. The molecule has 3 heterocycles. The largest absolute Gasteiger partial charge is 0.496 e. The van der Waals surface area contributed by atoms with Gasteiger partial charge < -0.3 is 20.7 Å². The van der Waals surface area contributed by atoms with Crippen LogP contribution in [-0.2, 0) is 11.3 Å². The number of urea groups is 1. The predicted octanol–water partition coefficient (Wildman–Crippen LogP) is 1.50. The topological polar surface area (TPSA) is 135 Å². The van der Waals surface area contributed by atoms with Gasteiger partial charge in [0.15, 0.2) is 5.65 Å². The molecule has 3 amide bonds. The number of hydrogen-bond acceptors (Lipinski definition) is 8. The Hall–Kier alpha value is -4.15. The van der Waals surface area contributed by atoms with Crippen molar-refractivity contribution in [1.29, 1.82) is 0 Å². The predicted molar refractivity (Wildman–Crippen MR) is 112 cm³/mol. The van der Waals surface area contributed by atoms with Crippen LogP contribution in [0.2, 0.25) is 0 Å². The lowest BCUT2D eigenvalue weighted by molar-refractivity contribution is -0.115. The molecule has 0 bridgehead atoms. The van der Waals surface area contributed by atoms with E-state index in [0.717, 1.165) is 24.2 Å². The fraction of sp³-hybridized carbons (Fsp3) is 0.250. The van der Waals surface area contributed by atoms with Crippen molar-refractivity contribution in [3.63, 3.8) is 0 Å². The standard InChI is InChI=1S/C20H20N8O3/c1-31-15-5-3-2-4-11(15)9-21-18-25-16-12(8-14-17(29)26-20(30)24-14)10-22-28(16)19(27-18)23-13-6-7-13/h2-5,8,10,13H,6-7,9H2,1H3,(H2,21,23,25,27)(H2,24,26,29,30)/b14-8-. The van der Waals surface area contributed by atoms with Crippen LogP contribution in [0.3, 0.4) is 0 Å². The van der Waals surface area contributed by atoms with Crippen molar-refractivity contribution < 1.29 is 14.3 Å². The van der Waals surface area contributed by atoms with Crippen LogP contribution in [0.15, 0.2) is 36.2 Å². The van der Waals surface area contributed by atoms with Crippen LogP contribution < -0.4 is 26.0 Å². The number of aromatic nitrogens is 4. The average molecular weight is 420 g/mol. The molecule has 0 unspecified atom stereocenters. The molecule has 1 aliphatic carbocycles. The molecule has 1 aliphatic heterocycles. The van der Waals surface area contributed by atoms with Gasteiger partial charge in [0.25, 0.3) is 5.91 Å². The second-order valence-corrected chi connectivity index (χ2v) is 7.26. The third-order valence-corrected chi connectivity index (χ3v) is 4.96. The van der Waals surface area contributed by atoms with E-state index in [9.17, 15) is 9.59 Å². The van der Waals surface area contributed by atoms with E-state index in [2.05, 4.69) is 36.3 Å². The number of rotatable bonds is 7. The number of carbonyl (C=O) groups is 2. The highest BCUT2D eigenvalue weighted by molar-refractivity contribution is 6.14. The van der Waals surface area contributed by atoms with Gasteiger partial charge in [-0.3, -0.25) is 10.1 Å². The lowest BCUT2D eigenvalue weighted by Crippen LogP contribution is -2.22. The molecule has 1 saturated heterocycles. The van der Waals surface area contributed by atoms with Crippen LogP contribution in [-0.4, -0.2) is 44.7 Å². The summed E-state index contributed by atoms with van der Waals surface area (Å²) < 4.78 is 6.99. The van der Waals surface area contributed by atoms with Gasteiger partial charge in [0.2, 0.25) is 11.9 Å². The van der Waals surface area contributed by atoms with Gasteiger partial charge in [0.05, 0.1) is 13.3 Å². The summed E-state index contributed by atoms with van der Waals surface area (Å²) in [5.41, 5.74) is 2.18. The third kappa shape index (κ3) is 3.84.